The summed E-state index contributed by atoms with van der Waals surface area (Å²) < 4.78 is 78.6. The lowest BCUT2D eigenvalue weighted by atomic mass is 9.82. The van der Waals surface area contributed by atoms with E-state index < -0.39 is 30.1 Å². The van der Waals surface area contributed by atoms with Crippen LogP contribution in [0.25, 0.3) is 0 Å². The number of carbonyl (C=O) groups is 1. The molecule has 1 N–H and O–H groups in total. The van der Waals surface area contributed by atoms with Crippen LogP contribution in [0.15, 0.2) is 27.1 Å². The molecular formula is C12H9Br2F6NO. The third-order valence-corrected chi connectivity index (χ3v) is 4.21. The third-order valence-electron chi connectivity index (χ3n) is 3.07. The summed E-state index contributed by atoms with van der Waals surface area (Å²) >= 11 is 6.03. The van der Waals surface area contributed by atoms with Crippen LogP contribution in [0.4, 0.5) is 32.0 Å². The van der Waals surface area contributed by atoms with Gasteiger partial charge < -0.3 is 5.32 Å². The van der Waals surface area contributed by atoms with Gasteiger partial charge in [0.2, 0.25) is 11.3 Å². The molecular weight excluding hydrogens is 448 g/mol. The Balaban J connectivity index is 3.30. The predicted molar refractivity (Wildman–Crippen MR) is 75.3 cm³/mol. The van der Waals surface area contributed by atoms with E-state index in [1.165, 1.54) is 18.2 Å². The molecule has 0 fully saturated rings. The first-order chi connectivity index (χ1) is 9.86. The van der Waals surface area contributed by atoms with Crippen molar-refractivity contribution in [1.29, 1.82) is 0 Å². The van der Waals surface area contributed by atoms with Gasteiger partial charge in [-0.3, -0.25) is 4.79 Å². The molecule has 124 valence electrons. The molecule has 0 atom stereocenters. The van der Waals surface area contributed by atoms with E-state index in [4.69, 9.17) is 0 Å². The smallest absolute Gasteiger partial charge is 0.324 e. The molecule has 22 heavy (non-hydrogen) atoms. The van der Waals surface area contributed by atoms with Gasteiger partial charge in [-0.05, 0) is 40.5 Å². The van der Waals surface area contributed by atoms with Crippen molar-refractivity contribution in [2.24, 2.45) is 5.41 Å². The van der Waals surface area contributed by atoms with Crippen molar-refractivity contribution in [3.8, 4) is 0 Å². The number of hydrogen-bond acceptors (Lipinski definition) is 1. The van der Waals surface area contributed by atoms with E-state index >= 15 is 0 Å². The molecule has 0 bridgehead atoms. The molecule has 1 amide bonds. The van der Waals surface area contributed by atoms with E-state index in [2.05, 4.69) is 31.9 Å². The lowest BCUT2D eigenvalue weighted by Crippen LogP contribution is -2.57. The highest BCUT2D eigenvalue weighted by Crippen LogP contribution is 2.53. The van der Waals surface area contributed by atoms with Crippen molar-refractivity contribution in [2.45, 2.75) is 25.7 Å². The van der Waals surface area contributed by atoms with Gasteiger partial charge in [-0.15, -0.1) is 0 Å². The Morgan fingerprint density at radius 1 is 1.09 bits per heavy atom. The quantitative estimate of drug-likeness (QED) is 0.583. The zero-order valence-electron chi connectivity index (χ0n) is 10.9. The predicted octanol–water partition coefficient (Wildman–Crippen LogP) is 5.67. The molecule has 0 spiro atoms. The molecule has 1 rings (SSSR count). The van der Waals surface area contributed by atoms with Gasteiger partial charge in [-0.25, -0.2) is 0 Å². The van der Waals surface area contributed by atoms with E-state index in [0.717, 1.165) is 0 Å². The van der Waals surface area contributed by atoms with Gasteiger partial charge in [-0.1, -0.05) is 22.9 Å². The monoisotopic (exact) mass is 455 g/mol. The molecule has 2 nitrogen and oxygen atoms in total. The van der Waals surface area contributed by atoms with Gasteiger partial charge in [0.15, 0.2) is 0 Å². The third kappa shape index (κ3) is 3.42. The molecule has 0 heterocycles. The molecule has 0 saturated heterocycles. The Bertz CT molecular complexity index is 556. The summed E-state index contributed by atoms with van der Waals surface area (Å²) in [5.41, 5.74) is -4.66. The van der Waals surface area contributed by atoms with Crippen molar-refractivity contribution >= 4 is 43.5 Å². The average Bonchev–Trinajstić information content (AvgIpc) is 2.30. The maximum atomic E-state index is 13.0. The zero-order valence-corrected chi connectivity index (χ0v) is 14.0. The molecule has 10 heteroatoms. The van der Waals surface area contributed by atoms with Gasteiger partial charge in [0, 0.05) is 8.95 Å². The fourth-order valence-electron chi connectivity index (χ4n) is 1.80. The maximum Gasteiger partial charge on any atom is 0.412 e. The van der Waals surface area contributed by atoms with Crippen molar-refractivity contribution in [1.82, 2.24) is 0 Å². The van der Waals surface area contributed by atoms with E-state index in [-0.39, 0.29) is 10.2 Å². The fraction of sp³-hybridized carbons (Fsp3) is 0.417. The summed E-state index contributed by atoms with van der Waals surface area (Å²) in [6.07, 6.45) is -13.0. The van der Waals surface area contributed by atoms with Gasteiger partial charge in [-0.2, -0.15) is 26.3 Å². The van der Waals surface area contributed by atoms with E-state index in [9.17, 15) is 31.1 Å². The summed E-state index contributed by atoms with van der Waals surface area (Å²) in [5, 5.41) is 1.70. The lowest BCUT2D eigenvalue weighted by molar-refractivity contribution is -0.324. The Hall–Kier alpha value is -0.770. The summed E-state index contributed by atoms with van der Waals surface area (Å²) in [4.78, 5) is 11.8. The van der Waals surface area contributed by atoms with Crippen molar-refractivity contribution in [2.75, 3.05) is 5.32 Å². The van der Waals surface area contributed by atoms with Crippen molar-refractivity contribution in [3.63, 3.8) is 0 Å². The van der Waals surface area contributed by atoms with Crippen LogP contribution < -0.4 is 5.32 Å². The first kappa shape index (κ1) is 19.3. The van der Waals surface area contributed by atoms with Crippen molar-refractivity contribution < 1.29 is 31.1 Å². The van der Waals surface area contributed by atoms with Crippen molar-refractivity contribution in [3.05, 3.63) is 27.1 Å². The fourth-order valence-corrected chi connectivity index (χ4v) is 2.95. The highest BCUT2D eigenvalue weighted by Gasteiger charge is 2.74. The average molecular weight is 457 g/mol. The number of rotatable bonds is 3. The topological polar surface area (TPSA) is 29.1 Å². The van der Waals surface area contributed by atoms with Crippen LogP contribution in [-0.2, 0) is 4.79 Å². The number of halogens is 8. The first-order valence-electron chi connectivity index (χ1n) is 5.76. The Kier molecular flexibility index (Phi) is 5.59. The van der Waals surface area contributed by atoms with E-state index in [1.54, 1.807) is 5.32 Å². The Morgan fingerprint density at radius 3 is 1.95 bits per heavy atom. The summed E-state index contributed by atoms with van der Waals surface area (Å²) in [7, 11) is 0. The van der Waals surface area contributed by atoms with Gasteiger partial charge in [0.25, 0.3) is 0 Å². The number of carbonyl (C=O) groups excluding carboxylic acids is 1. The summed E-state index contributed by atoms with van der Waals surface area (Å²) in [5.74, 6) is -2.17. The molecule has 0 unspecified atom stereocenters. The normalized spacial score (nSPS) is 13.1. The molecule has 0 saturated carbocycles. The first-order valence-corrected chi connectivity index (χ1v) is 7.35. The number of nitrogens with one attached hydrogen (secondary N) is 1. The SMILES string of the molecule is CCC(C(=O)Nc1ccc(Br)cc1Br)(C(F)(F)F)C(F)(F)F. The number of anilines is 1. The number of alkyl halides is 6. The number of benzene rings is 1. The highest BCUT2D eigenvalue weighted by atomic mass is 79.9. The summed E-state index contributed by atoms with van der Waals surface area (Å²) in [6.45, 7) is 0.664. The van der Waals surface area contributed by atoms with Crippen LogP contribution in [0.5, 0.6) is 0 Å². The van der Waals surface area contributed by atoms with Crippen LogP contribution in [0.3, 0.4) is 0 Å². The van der Waals surface area contributed by atoms with E-state index in [1.807, 2.05) is 0 Å². The van der Waals surface area contributed by atoms with Crippen LogP contribution in [0.1, 0.15) is 13.3 Å². The molecule has 0 radical (unpaired) electrons. The van der Waals surface area contributed by atoms with Gasteiger partial charge >= 0.3 is 12.4 Å². The molecule has 0 aliphatic rings. The van der Waals surface area contributed by atoms with Crippen LogP contribution in [0.2, 0.25) is 0 Å². The highest BCUT2D eigenvalue weighted by molar-refractivity contribution is 9.11. The zero-order chi connectivity index (χ0) is 17.3. The second-order valence-electron chi connectivity index (χ2n) is 4.33. The lowest BCUT2D eigenvalue weighted by Gasteiger charge is -2.35. The second-order valence-corrected chi connectivity index (χ2v) is 6.10. The van der Waals surface area contributed by atoms with Gasteiger partial charge in [0.05, 0.1) is 5.69 Å². The van der Waals surface area contributed by atoms with Crippen LogP contribution in [-0.4, -0.2) is 18.3 Å². The number of hydrogen-bond donors (Lipinski definition) is 1. The molecule has 0 aromatic heterocycles. The minimum absolute atomic E-state index is 0.143. The van der Waals surface area contributed by atoms with E-state index in [0.29, 0.717) is 11.4 Å². The maximum absolute atomic E-state index is 13.0. The standard InChI is InChI=1S/C12H9Br2F6NO/c1-2-10(11(15,16)17,12(18,19)20)9(22)21-8-4-3-6(13)5-7(8)14/h3-5H,2H2,1H3,(H,21,22). The van der Waals surface area contributed by atoms with Gasteiger partial charge in [0.1, 0.15) is 0 Å². The molecule has 1 aromatic rings. The second kappa shape index (κ2) is 6.38. The minimum atomic E-state index is -5.77. The Morgan fingerprint density at radius 2 is 1.59 bits per heavy atom. The Labute approximate surface area is 138 Å². The molecule has 0 aliphatic carbocycles. The van der Waals surface area contributed by atoms with Crippen LogP contribution >= 0.6 is 31.9 Å². The number of amides is 1. The molecule has 0 aliphatic heterocycles. The molecule has 1 aromatic carbocycles. The largest absolute Gasteiger partial charge is 0.412 e. The summed E-state index contributed by atoms with van der Waals surface area (Å²) in [6, 6.07) is 3.93. The van der Waals surface area contributed by atoms with Crippen LogP contribution in [0, 0.1) is 5.41 Å². The minimum Gasteiger partial charge on any atom is -0.324 e.